The number of rotatable bonds is 6. The zero-order valence-corrected chi connectivity index (χ0v) is 20.5. The lowest BCUT2D eigenvalue weighted by Gasteiger charge is -2.39. The Hall–Kier alpha value is -1.40. The number of carboxylic acid groups (broad SMARTS) is 1. The molecule has 0 saturated heterocycles. The highest BCUT2D eigenvalue weighted by Gasteiger charge is 2.38. The number of hydrogen-bond donors (Lipinski definition) is 1. The molecule has 0 spiro atoms. The summed E-state index contributed by atoms with van der Waals surface area (Å²) in [6, 6.07) is 2.15. The highest BCUT2D eigenvalue weighted by Crippen LogP contribution is 2.43. The molecule has 178 valence electrons. The standard InChI is InChI=1S/C26H39NO4S/c1-17-8-10-19(11-9-17)25(28)27(20-12-14-21(31-2)15-13-20)22-16-23(32-24(22)26(29)30)18-6-4-3-5-7-18/h16-21H,3-15H2,1-2H3,(H,29,30)/t17-,19-,20-,21-. The third kappa shape index (κ3) is 5.22. The number of aromatic carboxylic acids is 1. The van der Waals surface area contributed by atoms with Crippen LogP contribution in [0.25, 0.3) is 0 Å². The van der Waals surface area contributed by atoms with Crippen LogP contribution in [-0.4, -0.2) is 36.2 Å². The van der Waals surface area contributed by atoms with Crippen molar-refractivity contribution in [1.29, 1.82) is 0 Å². The van der Waals surface area contributed by atoms with Gasteiger partial charge in [-0.05, 0) is 82.1 Å². The van der Waals surface area contributed by atoms with Crippen LogP contribution >= 0.6 is 11.3 Å². The lowest BCUT2D eigenvalue weighted by Crippen LogP contribution is -2.47. The Balaban J connectivity index is 1.66. The van der Waals surface area contributed by atoms with Crippen LogP contribution < -0.4 is 4.90 Å². The van der Waals surface area contributed by atoms with Crippen LogP contribution in [0.2, 0.25) is 0 Å². The molecular formula is C26H39NO4S. The topological polar surface area (TPSA) is 66.8 Å². The predicted molar refractivity (Wildman–Crippen MR) is 129 cm³/mol. The van der Waals surface area contributed by atoms with E-state index in [9.17, 15) is 14.7 Å². The molecule has 1 N–H and O–H groups in total. The molecule has 5 nitrogen and oxygen atoms in total. The normalized spacial score (nSPS) is 29.6. The van der Waals surface area contributed by atoms with Crippen LogP contribution in [0.4, 0.5) is 5.69 Å². The number of carboxylic acids is 1. The number of carbonyl (C=O) groups excluding carboxylic acids is 1. The van der Waals surface area contributed by atoms with Gasteiger partial charge in [0.05, 0.1) is 11.8 Å². The number of carbonyl (C=O) groups is 2. The molecule has 1 aromatic rings. The van der Waals surface area contributed by atoms with E-state index in [0.29, 0.717) is 22.4 Å². The lowest BCUT2D eigenvalue weighted by molar-refractivity contribution is -0.124. The fraction of sp³-hybridized carbons (Fsp3) is 0.769. The molecule has 0 aliphatic heterocycles. The van der Waals surface area contributed by atoms with Gasteiger partial charge in [0, 0.05) is 23.9 Å². The van der Waals surface area contributed by atoms with Crippen LogP contribution in [0.3, 0.4) is 0 Å². The Bertz CT molecular complexity index is 784. The largest absolute Gasteiger partial charge is 0.477 e. The molecule has 6 heteroatoms. The predicted octanol–water partition coefficient (Wildman–Crippen LogP) is 6.61. The Morgan fingerprint density at radius 3 is 2.22 bits per heavy atom. The van der Waals surface area contributed by atoms with Crippen molar-refractivity contribution in [1.82, 2.24) is 0 Å². The third-order valence-corrected chi connectivity index (χ3v) is 9.41. The molecule has 3 saturated carbocycles. The molecule has 1 heterocycles. The van der Waals surface area contributed by atoms with E-state index in [4.69, 9.17) is 4.74 Å². The zero-order chi connectivity index (χ0) is 22.7. The summed E-state index contributed by atoms with van der Waals surface area (Å²) in [4.78, 5) is 29.7. The molecule has 3 aliphatic carbocycles. The van der Waals surface area contributed by atoms with Gasteiger partial charge in [0.25, 0.3) is 0 Å². The molecule has 0 unspecified atom stereocenters. The zero-order valence-electron chi connectivity index (χ0n) is 19.7. The Kier molecular flexibility index (Phi) is 7.93. The van der Waals surface area contributed by atoms with Crippen molar-refractivity contribution < 1.29 is 19.4 Å². The minimum Gasteiger partial charge on any atom is -0.477 e. The summed E-state index contributed by atoms with van der Waals surface area (Å²) in [7, 11) is 1.76. The Morgan fingerprint density at radius 2 is 1.62 bits per heavy atom. The van der Waals surface area contributed by atoms with E-state index in [2.05, 4.69) is 13.0 Å². The summed E-state index contributed by atoms with van der Waals surface area (Å²) in [6.07, 6.45) is 13.8. The fourth-order valence-corrected chi connectivity index (χ4v) is 7.22. The van der Waals surface area contributed by atoms with Gasteiger partial charge in [-0.25, -0.2) is 4.79 Å². The van der Waals surface area contributed by atoms with Gasteiger partial charge in [-0.3, -0.25) is 4.79 Å². The van der Waals surface area contributed by atoms with E-state index in [1.54, 1.807) is 7.11 Å². The van der Waals surface area contributed by atoms with Gasteiger partial charge in [-0.2, -0.15) is 0 Å². The van der Waals surface area contributed by atoms with Crippen molar-refractivity contribution in [3.8, 4) is 0 Å². The van der Waals surface area contributed by atoms with Crippen molar-refractivity contribution in [3.63, 3.8) is 0 Å². The summed E-state index contributed by atoms with van der Waals surface area (Å²) in [6.45, 7) is 2.27. The van der Waals surface area contributed by atoms with Crippen molar-refractivity contribution in [2.75, 3.05) is 12.0 Å². The summed E-state index contributed by atoms with van der Waals surface area (Å²) in [5, 5.41) is 10.1. The highest BCUT2D eigenvalue weighted by atomic mass is 32.1. The van der Waals surface area contributed by atoms with Gasteiger partial charge in [0.2, 0.25) is 5.91 Å². The highest BCUT2D eigenvalue weighted by molar-refractivity contribution is 7.14. The minimum absolute atomic E-state index is 0.0195. The van der Waals surface area contributed by atoms with Gasteiger partial charge in [-0.1, -0.05) is 26.2 Å². The molecule has 0 atom stereocenters. The molecular weight excluding hydrogens is 422 g/mol. The van der Waals surface area contributed by atoms with Crippen molar-refractivity contribution >= 4 is 28.9 Å². The quantitative estimate of drug-likeness (QED) is 0.517. The van der Waals surface area contributed by atoms with Gasteiger partial charge in [0.1, 0.15) is 4.88 Å². The SMILES string of the molecule is CO[C@H]1CC[C@H](N(c2cc(C3CCCCC3)sc2C(=O)O)C(=O)[C@H]2CC[C@H](C)CC2)CC1. The molecule has 32 heavy (non-hydrogen) atoms. The van der Waals surface area contributed by atoms with Crippen LogP contribution in [0, 0.1) is 11.8 Å². The lowest BCUT2D eigenvalue weighted by atomic mass is 9.81. The number of thiophene rings is 1. The maximum Gasteiger partial charge on any atom is 0.348 e. The van der Waals surface area contributed by atoms with Gasteiger partial charge >= 0.3 is 5.97 Å². The minimum atomic E-state index is -0.896. The van der Waals surface area contributed by atoms with E-state index in [-0.39, 0.29) is 24.0 Å². The molecule has 4 rings (SSSR count). The monoisotopic (exact) mass is 461 g/mol. The molecule has 0 radical (unpaired) electrons. The summed E-state index contributed by atoms with van der Waals surface area (Å²) in [5.41, 5.74) is 0.674. The van der Waals surface area contributed by atoms with Gasteiger partial charge in [0.15, 0.2) is 0 Å². The number of ether oxygens (including phenoxy) is 1. The average Bonchev–Trinajstić information content (AvgIpc) is 3.26. The summed E-state index contributed by atoms with van der Waals surface area (Å²) >= 11 is 1.42. The second-order valence-corrected chi connectivity index (χ2v) is 11.4. The van der Waals surface area contributed by atoms with Crippen molar-refractivity contribution in [2.24, 2.45) is 11.8 Å². The van der Waals surface area contributed by atoms with Crippen LogP contribution in [0.5, 0.6) is 0 Å². The second-order valence-electron chi connectivity index (χ2n) is 10.3. The number of hydrogen-bond acceptors (Lipinski definition) is 4. The first-order valence-electron chi connectivity index (χ1n) is 12.7. The molecule has 0 aromatic carbocycles. The van der Waals surface area contributed by atoms with E-state index < -0.39 is 5.97 Å². The van der Waals surface area contributed by atoms with Crippen molar-refractivity contribution in [3.05, 3.63) is 15.8 Å². The Morgan fingerprint density at radius 1 is 0.969 bits per heavy atom. The molecule has 0 bridgehead atoms. The average molecular weight is 462 g/mol. The number of amides is 1. The molecule has 3 aliphatic rings. The Labute approximate surface area is 196 Å². The first-order chi connectivity index (χ1) is 15.5. The van der Waals surface area contributed by atoms with Gasteiger partial charge in [-0.15, -0.1) is 11.3 Å². The number of nitrogens with zero attached hydrogens (tertiary/aromatic N) is 1. The molecule has 1 amide bonds. The number of anilines is 1. The second kappa shape index (κ2) is 10.7. The maximum atomic E-state index is 13.9. The smallest absolute Gasteiger partial charge is 0.348 e. The van der Waals surface area contributed by atoms with E-state index in [1.165, 1.54) is 30.6 Å². The van der Waals surface area contributed by atoms with Crippen LogP contribution in [0.1, 0.15) is 111 Å². The third-order valence-electron chi connectivity index (χ3n) is 8.14. The van der Waals surface area contributed by atoms with E-state index in [0.717, 1.165) is 69.1 Å². The molecule has 3 fully saturated rings. The van der Waals surface area contributed by atoms with E-state index in [1.807, 2.05) is 4.90 Å². The number of methoxy groups -OCH3 is 1. The van der Waals surface area contributed by atoms with Crippen LogP contribution in [0.15, 0.2) is 6.07 Å². The maximum absolute atomic E-state index is 13.9. The first-order valence-corrected chi connectivity index (χ1v) is 13.5. The van der Waals surface area contributed by atoms with Crippen molar-refractivity contribution in [2.45, 2.75) is 108 Å². The molecule has 1 aromatic heterocycles. The summed E-state index contributed by atoms with van der Waals surface area (Å²) < 4.78 is 5.56. The van der Waals surface area contributed by atoms with E-state index >= 15 is 0 Å². The fourth-order valence-electron chi connectivity index (χ4n) is 6.06. The van der Waals surface area contributed by atoms with Gasteiger partial charge < -0.3 is 14.7 Å². The summed E-state index contributed by atoms with van der Waals surface area (Å²) in [5.74, 6) is 0.405. The first kappa shape index (κ1) is 23.7. The van der Waals surface area contributed by atoms with Crippen LogP contribution in [-0.2, 0) is 9.53 Å².